The Morgan fingerprint density at radius 3 is 2.75 bits per heavy atom. The third-order valence-corrected chi connectivity index (χ3v) is 6.76. The monoisotopic (exact) mass is 432 g/mol. The maximum atomic E-state index is 12.1. The lowest BCUT2D eigenvalue weighted by Crippen LogP contribution is -2.57. The number of aromatic amines is 1. The molecule has 2 aliphatic heterocycles. The number of aromatic nitrogens is 3. The number of carbonyl (C=O) groups is 1. The van der Waals surface area contributed by atoms with Crippen molar-refractivity contribution in [2.45, 2.75) is 26.3 Å². The lowest BCUT2D eigenvalue weighted by atomic mass is 9.79. The molecule has 166 valence electrons. The van der Waals surface area contributed by atoms with Crippen LogP contribution < -0.4 is 15.8 Å². The number of nitrogens with zero attached hydrogens (tertiary/aromatic N) is 4. The van der Waals surface area contributed by atoms with Crippen LogP contribution in [0.4, 0.5) is 5.69 Å². The van der Waals surface area contributed by atoms with Crippen LogP contribution >= 0.6 is 0 Å². The van der Waals surface area contributed by atoms with Crippen LogP contribution in [0.3, 0.4) is 0 Å². The van der Waals surface area contributed by atoms with Gasteiger partial charge in [0.25, 0.3) is 11.5 Å². The number of amides is 1. The maximum Gasteiger partial charge on any atom is 0.269 e. The number of pyridine rings is 3. The number of likely N-dealkylation sites (tertiary alicyclic amines) is 1. The van der Waals surface area contributed by atoms with Crippen molar-refractivity contribution in [3.8, 4) is 0 Å². The third kappa shape index (κ3) is 3.75. The second kappa shape index (κ2) is 8.02. The molecule has 2 saturated heterocycles. The van der Waals surface area contributed by atoms with Gasteiger partial charge in [0.05, 0.1) is 22.9 Å². The van der Waals surface area contributed by atoms with Crippen LogP contribution in [-0.4, -0.2) is 59.0 Å². The van der Waals surface area contributed by atoms with Crippen LogP contribution in [0.5, 0.6) is 0 Å². The summed E-state index contributed by atoms with van der Waals surface area (Å²) in [6, 6.07) is 7.70. The van der Waals surface area contributed by atoms with Crippen LogP contribution in [0.1, 0.15) is 35.0 Å². The fraction of sp³-hybridized carbons (Fsp3) is 0.417. The molecular weight excluding hydrogens is 404 g/mol. The number of aryl methyl sites for hydroxylation is 1. The van der Waals surface area contributed by atoms with E-state index < -0.39 is 0 Å². The van der Waals surface area contributed by atoms with Crippen molar-refractivity contribution in [1.82, 2.24) is 25.2 Å². The van der Waals surface area contributed by atoms with Gasteiger partial charge in [-0.15, -0.1) is 0 Å². The minimum absolute atomic E-state index is 0.0218. The van der Waals surface area contributed by atoms with Crippen molar-refractivity contribution in [3.05, 3.63) is 63.8 Å². The summed E-state index contributed by atoms with van der Waals surface area (Å²) in [4.78, 5) is 40.5. The first kappa shape index (κ1) is 20.6. The van der Waals surface area contributed by atoms with Gasteiger partial charge in [-0.1, -0.05) is 6.92 Å². The normalized spacial score (nSPS) is 17.6. The molecule has 5 rings (SSSR count). The molecule has 1 amide bonds. The summed E-state index contributed by atoms with van der Waals surface area (Å²) < 4.78 is 0. The predicted octanol–water partition coefficient (Wildman–Crippen LogP) is 1.95. The Morgan fingerprint density at radius 2 is 2.03 bits per heavy atom. The molecule has 0 bridgehead atoms. The molecule has 5 heterocycles. The highest BCUT2D eigenvalue weighted by Gasteiger charge is 2.47. The molecule has 2 N–H and O–H groups in total. The van der Waals surface area contributed by atoms with E-state index in [4.69, 9.17) is 0 Å². The van der Waals surface area contributed by atoms with Crippen LogP contribution in [0.25, 0.3) is 11.0 Å². The van der Waals surface area contributed by atoms with Gasteiger partial charge in [0.1, 0.15) is 5.69 Å². The lowest BCUT2D eigenvalue weighted by Gasteiger charge is -2.49. The molecule has 0 atom stereocenters. The van der Waals surface area contributed by atoms with Gasteiger partial charge >= 0.3 is 0 Å². The number of hydrogen-bond acceptors (Lipinski definition) is 6. The molecule has 3 aromatic rings. The summed E-state index contributed by atoms with van der Waals surface area (Å²) in [5, 5.41) is 2.60. The fourth-order valence-electron chi connectivity index (χ4n) is 4.98. The fourth-order valence-corrected chi connectivity index (χ4v) is 4.98. The van der Waals surface area contributed by atoms with Crippen molar-refractivity contribution < 1.29 is 4.79 Å². The van der Waals surface area contributed by atoms with Gasteiger partial charge in [-0.25, -0.2) is 4.98 Å². The SMILES string of the molecule is CCc1cc2ncc(CN3CCC4(C3)CN(c3ccc(C(=O)NC)nc3)C4)cc2[nH]c1=O. The van der Waals surface area contributed by atoms with E-state index in [1.807, 2.05) is 25.3 Å². The zero-order valence-electron chi connectivity index (χ0n) is 18.5. The van der Waals surface area contributed by atoms with E-state index in [0.717, 1.165) is 60.6 Å². The Morgan fingerprint density at radius 1 is 1.19 bits per heavy atom. The van der Waals surface area contributed by atoms with Gasteiger partial charge in [0, 0.05) is 50.4 Å². The molecule has 8 heteroatoms. The van der Waals surface area contributed by atoms with E-state index >= 15 is 0 Å². The summed E-state index contributed by atoms with van der Waals surface area (Å²) in [6.45, 7) is 6.94. The van der Waals surface area contributed by atoms with Gasteiger partial charge < -0.3 is 15.2 Å². The Labute approximate surface area is 186 Å². The maximum absolute atomic E-state index is 12.1. The average Bonchev–Trinajstić information content (AvgIpc) is 3.21. The molecule has 0 saturated carbocycles. The van der Waals surface area contributed by atoms with Gasteiger partial charge in [0.15, 0.2) is 0 Å². The van der Waals surface area contributed by atoms with E-state index in [0.29, 0.717) is 17.5 Å². The number of fused-ring (bicyclic) bond motifs is 1. The Hall–Kier alpha value is -3.26. The zero-order chi connectivity index (χ0) is 22.3. The second-order valence-corrected chi connectivity index (χ2v) is 9.05. The number of carbonyl (C=O) groups excluding carboxylic acids is 1. The van der Waals surface area contributed by atoms with Crippen molar-refractivity contribution in [3.63, 3.8) is 0 Å². The van der Waals surface area contributed by atoms with Gasteiger partial charge in [-0.05, 0) is 49.2 Å². The summed E-state index contributed by atoms with van der Waals surface area (Å²) in [6.07, 6.45) is 5.59. The zero-order valence-corrected chi connectivity index (χ0v) is 18.5. The predicted molar refractivity (Wildman–Crippen MR) is 124 cm³/mol. The third-order valence-electron chi connectivity index (χ3n) is 6.76. The molecule has 0 unspecified atom stereocenters. The van der Waals surface area contributed by atoms with E-state index in [1.165, 1.54) is 6.42 Å². The minimum atomic E-state index is -0.166. The van der Waals surface area contributed by atoms with E-state index in [1.54, 1.807) is 19.3 Å². The van der Waals surface area contributed by atoms with E-state index in [-0.39, 0.29) is 11.5 Å². The molecule has 8 nitrogen and oxygen atoms in total. The molecule has 32 heavy (non-hydrogen) atoms. The Balaban J connectivity index is 1.21. The molecule has 0 radical (unpaired) electrons. The number of H-pyrrole nitrogens is 1. The van der Waals surface area contributed by atoms with Crippen LogP contribution in [0.15, 0.2) is 41.5 Å². The van der Waals surface area contributed by atoms with E-state index in [2.05, 4.69) is 36.1 Å². The first-order chi connectivity index (χ1) is 15.5. The van der Waals surface area contributed by atoms with Crippen molar-refractivity contribution >= 4 is 22.6 Å². The van der Waals surface area contributed by atoms with Crippen LogP contribution in [0, 0.1) is 5.41 Å². The molecule has 3 aromatic heterocycles. The summed E-state index contributed by atoms with van der Waals surface area (Å²) in [5.74, 6) is -0.166. The highest BCUT2D eigenvalue weighted by molar-refractivity contribution is 5.92. The summed E-state index contributed by atoms with van der Waals surface area (Å²) in [7, 11) is 1.61. The largest absolute Gasteiger partial charge is 0.369 e. The highest BCUT2D eigenvalue weighted by atomic mass is 16.1. The summed E-state index contributed by atoms with van der Waals surface area (Å²) >= 11 is 0. The first-order valence-electron chi connectivity index (χ1n) is 11.1. The van der Waals surface area contributed by atoms with Crippen molar-refractivity contribution in [2.24, 2.45) is 5.41 Å². The quantitative estimate of drug-likeness (QED) is 0.640. The van der Waals surface area contributed by atoms with Crippen LogP contribution in [0.2, 0.25) is 0 Å². The number of rotatable bonds is 5. The average molecular weight is 433 g/mol. The first-order valence-corrected chi connectivity index (χ1v) is 11.1. The standard InChI is InChI=1S/C24H28N6O2/c1-3-17-9-20-21(28-22(17)31)8-16(10-26-20)12-29-7-6-24(13-29)14-30(15-24)18-4-5-19(27-11-18)23(32)25-2/h4-5,8-11H,3,6-7,12-15H2,1-2H3,(H,25,32)(H,28,31). The van der Waals surface area contributed by atoms with Crippen LogP contribution in [-0.2, 0) is 13.0 Å². The molecule has 0 aliphatic carbocycles. The van der Waals surface area contributed by atoms with Crippen molar-refractivity contribution in [1.29, 1.82) is 0 Å². The number of nitrogens with one attached hydrogen (secondary N) is 2. The number of anilines is 1. The van der Waals surface area contributed by atoms with Crippen molar-refractivity contribution in [2.75, 3.05) is 38.1 Å². The molecular formula is C24H28N6O2. The topological polar surface area (TPSA) is 94.2 Å². The molecule has 1 spiro atoms. The van der Waals surface area contributed by atoms with Gasteiger partial charge in [-0.3, -0.25) is 19.5 Å². The molecule has 2 aliphatic rings. The second-order valence-electron chi connectivity index (χ2n) is 9.05. The summed E-state index contributed by atoms with van der Waals surface area (Å²) in [5.41, 5.74) is 5.34. The lowest BCUT2D eigenvalue weighted by molar-refractivity contribution is 0.0958. The number of hydrogen-bond donors (Lipinski definition) is 2. The smallest absolute Gasteiger partial charge is 0.269 e. The Kier molecular flexibility index (Phi) is 5.17. The van der Waals surface area contributed by atoms with E-state index in [9.17, 15) is 9.59 Å². The Bertz CT molecular complexity index is 1210. The van der Waals surface area contributed by atoms with Gasteiger partial charge in [0.2, 0.25) is 0 Å². The highest BCUT2D eigenvalue weighted by Crippen LogP contribution is 2.42. The minimum Gasteiger partial charge on any atom is -0.369 e. The van der Waals surface area contributed by atoms with Gasteiger partial charge in [-0.2, -0.15) is 0 Å². The molecule has 2 fully saturated rings. The molecule has 0 aromatic carbocycles.